The first kappa shape index (κ1) is 13.5. The summed E-state index contributed by atoms with van der Waals surface area (Å²) in [7, 11) is 0. The standard InChI is InChI=1S/C15H13N3O2S/c1-10(19)16-12-6-3-2-5-11(12)9-14-17-15(18-20-14)13-7-4-8-21-13/h2-8H,9H2,1H3,(H,16,19). The minimum Gasteiger partial charge on any atom is -0.339 e. The summed E-state index contributed by atoms with van der Waals surface area (Å²) in [5, 5.41) is 8.75. The maximum absolute atomic E-state index is 11.2. The number of nitrogens with zero attached hydrogens (tertiary/aromatic N) is 2. The zero-order valence-electron chi connectivity index (χ0n) is 11.4. The zero-order valence-corrected chi connectivity index (χ0v) is 12.2. The van der Waals surface area contributed by atoms with Crippen molar-refractivity contribution < 1.29 is 9.32 Å². The van der Waals surface area contributed by atoms with Crippen molar-refractivity contribution in [3.63, 3.8) is 0 Å². The van der Waals surface area contributed by atoms with Gasteiger partial charge < -0.3 is 9.84 Å². The van der Waals surface area contributed by atoms with E-state index in [-0.39, 0.29) is 5.91 Å². The van der Waals surface area contributed by atoms with Crippen LogP contribution in [0.3, 0.4) is 0 Å². The van der Waals surface area contributed by atoms with Crippen molar-refractivity contribution in [2.45, 2.75) is 13.3 Å². The number of carbonyl (C=O) groups excluding carboxylic acids is 1. The molecule has 3 rings (SSSR count). The molecule has 0 unspecified atom stereocenters. The lowest BCUT2D eigenvalue weighted by atomic mass is 10.1. The van der Waals surface area contributed by atoms with Gasteiger partial charge in [0.1, 0.15) is 0 Å². The fraction of sp³-hybridized carbons (Fsp3) is 0.133. The Hall–Kier alpha value is -2.47. The highest BCUT2D eigenvalue weighted by atomic mass is 32.1. The third kappa shape index (κ3) is 3.17. The van der Waals surface area contributed by atoms with E-state index in [0.717, 1.165) is 16.1 Å². The van der Waals surface area contributed by atoms with Gasteiger partial charge in [-0.3, -0.25) is 4.79 Å². The summed E-state index contributed by atoms with van der Waals surface area (Å²) in [5.41, 5.74) is 1.70. The van der Waals surface area contributed by atoms with Gasteiger partial charge in [-0.05, 0) is 23.1 Å². The van der Waals surface area contributed by atoms with Crippen molar-refractivity contribution in [2.24, 2.45) is 0 Å². The van der Waals surface area contributed by atoms with Crippen LogP contribution in [0.2, 0.25) is 0 Å². The van der Waals surface area contributed by atoms with Crippen molar-refractivity contribution >= 4 is 22.9 Å². The Bertz CT molecular complexity index is 750. The molecule has 1 N–H and O–H groups in total. The molecule has 1 amide bonds. The van der Waals surface area contributed by atoms with Crippen LogP contribution < -0.4 is 5.32 Å². The van der Waals surface area contributed by atoms with E-state index in [4.69, 9.17) is 4.52 Å². The van der Waals surface area contributed by atoms with Crippen LogP contribution in [0.1, 0.15) is 18.4 Å². The van der Waals surface area contributed by atoms with E-state index in [1.165, 1.54) is 6.92 Å². The lowest BCUT2D eigenvalue weighted by Crippen LogP contribution is -2.08. The Morgan fingerprint density at radius 3 is 2.90 bits per heavy atom. The van der Waals surface area contributed by atoms with E-state index in [1.54, 1.807) is 11.3 Å². The lowest BCUT2D eigenvalue weighted by molar-refractivity contribution is -0.114. The monoisotopic (exact) mass is 299 g/mol. The van der Waals surface area contributed by atoms with E-state index in [9.17, 15) is 4.79 Å². The molecule has 0 bridgehead atoms. The van der Waals surface area contributed by atoms with E-state index in [2.05, 4.69) is 15.5 Å². The van der Waals surface area contributed by atoms with Crippen LogP contribution >= 0.6 is 11.3 Å². The number of anilines is 1. The second-order valence-corrected chi connectivity index (χ2v) is 5.45. The van der Waals surface area contributed by atoms with Gasteiger partial charge >= 0.3 is 0 Å². The Labute approximate surface area is 125 Å². The van der Waals surface area contributed by atoms with E-state index in [0.29, 0.717) is 18.1 Å². The van der Waals surface area contributed by atoms with E-state index in [1.807, 2.05) is 41.8 Å². The molecule has 0 aliphatic heterocycles. The van der Waals surface area contributed by atoms with Gasteiger partial charge in [0.05, 0.1) is 11.3 Å². The smallest absolute Gasteiger partial charge is 0.231 e. The van der Waals surface area contributed by atoms with Gasteiger partial charge in [-0.25, -0.2) is 0 Å². The molecule has 2 heterocycles. The molecule has 0 spiro atoms. The molecule has 1 aromatic carbocycles. The fourth-order valence-electron chi connectivity index (χ4n) is 1.98. The largest absolute Gasteiger partial charge is 0.339 e. The molecule has 0 radical (unpaired) electrons. The molecule has 0 fully saturated rings. The number of amides is 1. The fourth-order valence-corrected chi connectivity index (χ4v) is 2.63. The van der Waals surface area contributed by atoms with Crippen LogP contribution in [-0.2, 0) is 11.2 Å². The third-order valence-corrected chi connectivity index (χ3v) is 3.75. The van der Waals surface area contributed by atoms with Gasteiger partial charge in [-0.2, -0.15) is 4.98 Å². The summed E-state index contributed by atoms with van der Waals surface area (Å²) in [6.07, 6.45) is 0.481. The number of hydrogen-bond donors (Lipinski definition) is 1. The maximum Gasteiger partial charge on any atom is 0.231 e. The molecular weight excluding hydrogens is 286 g/mol. The predicted molar refractivity (Wildman–Crippen MR) is 81.2 cm³/mol. The predicted octanol–water partition coefficient (Wildman–Crippen LogP) is 3.35. The number of nitrogens with one attached hydrogen (secondary N) is 1. The number of benzene rings is 1. The minimum absolute atomic E-state index is 0.104. The molecule has 106 valence electrons. The van der Waals surface area contributed by atoms with E-state index < -0.39 is 0 Å². The van der Waals surface area contributed by atoms with Crippen molar-refractivity contribution in [3.8, 4) is 10.7 Å². The molecule has 0 atom stereocenters. The number of aromatic nitrogens is 2. The molecule has 21 heavy (non-hydrogen) atoms. The van der Waals surface area contributed by atoms with Gasteiger partial charge in [-0.1, -0.05) is 29.4 Å². The Morgan fingerprint density at radius 2 is 2.14 bits per heavy atom. The molecule has 0 saturated heterocycles. The quantitative estimate of drug-likeness (QED) is 0.802. The highest BCUT2D eigenvalue weighted by Crippen LogP contribution is 2.23. The first-order valence-corrected chi connectivity index (χ1v) is 7.32. The molecule has 5 nitrogen and oxygen atoms in total. The van der Waals surface area contributed by atoms with Crippen LogP contribution in [0.15, 0.2) is 46.3 Å². The van der Waals surface area contributed by atoms with Crippen molar-refractivity contribution in [2.75, 3.05) is 5.32 Å². The maximum atomic E-state index is 11.2. The van der Waals surface area contributed by atoms with Crippen LogP contribution in [-0.4, -0.2) is 16.0 Å². The Balaban J connectivity index is 1.82. The lowest BCUT2D eigenvalue weighted by Gasteiger charge is -2.07. The second kappa shape index (κ2) is 5.88. The van der Waals surface area contributed by atoms with Crippen LogP contribution in [0.4, 0.5) is 5.69 Å². The van der Waals surface area contributed by atoms with Crippen LogP contribution in [0.5, 0.6) is 0 Å². The summed E-state index contributed by atoms with van der Waals surface area (Å²) in [4.78, 5) is 16.6. The van der Waals surface area contributed by atoms with E-state index >= 15 is 0 Å². The highest BCUT2D eigenvalue weighted by Gasteiger charge is 2.12. The molecule has 2 aromatic heterocycles. The molecule has 0 aliphatic rings. The summed E-state index contributed by atoms with van der Waals surface area (Å²) < 4.78 is 5.29. The molecular formula is C15H13N3O2S. The summed E-state index contributed by atoms with van der Waals surface area (Å²) >= 11 is 1.57. The Morgan fingerprint density at radius 1 is 1.29 bits per heavy atom. The summed E-state index contributed by atoms with van der Waals surface area (Å²) in [5.74, 6) is 1.01. The van der Waals surface area contributed by atoms with Crippen LogP contribution in [0.25, 0.3) is 10.7 Å². The second-order valence-electron chi connectivity index (χ2n) is 4.50. The number of thiophene rings is 1. The van der Waals surface area contributed by atoms with Crippen LogP contribution in [0, 0.1) is 0 Å². The molecule has 0 aliphatic carbocycles. The third-order valence-electron chi connectivity index (χ3n) is 2.88. The van der Waals surface area contributed by atoms with Gasteiger partial charge in [0.15, 0.2) is 0 Å². The molecule has 3 aromatic rings. The number of para-hydroxylation sites is 1. The van der Waals surface area contributed by atoms with Gasteiger partial charge in [0.25, 0.3) is 0 Å². The summed E-state index contributed by atoms with van der Waals surface area (Å²) in [6.45, 7) is 1.48. The normalized spacial score (nSPS) is 10.5. The zero-order chi connectivity index (χ0) is 14.7. The molecule has 0 saturated carbocycles. The first-order chi connectivity index (χ1) is 10.2. The summed E-state index contributed by atoms with van der Waals surface area (Å²) in [6, 6.07) is 11.5. The average Bonchev–Trinajstić information content (AvgIpc) is 3.11. The van der Waals surface area contributed by atoms with Gasteiger partial charge in [0.2, 0.25) is 17.6 Å². The number of hydrogen-bond acceptors (Lipinski definition) is 5. The van der Waals surface area contributed by atoms with Gasteiger partial charge in [-0.15, -0.1) is 11.3 Å². The molecule has 6 heteroatoms. The van der Waals surface area contributed by atoms with Crippen molar-refractivity contribution in [3.05, 3.63) is 53.2 Å². The topological polar surface area (TPSA) is 68.0 Å². The average molecular weight is 299 g/mol. The van der Waals surface area contributed by atoms with Gasteiger partial charge in [0, 0.05) is 12.6 Å². The minimum atomic E-state index is -0.104. The number of rotatable bonds is 4. The Kier molecular flexibility index (Phi) is 3.79. The number of carbonyl (C=O) groups is 1. The SMILES string of the molecule is CC(=O)Nc1ccccc1Cc1nc(-c2cccs2)no1. The first-order valence-electron chi connectivity index (χ1n) is 6.44. The van der Waals surface area contributed by atoms with Crippen molar-refractivity contribution in [1.29, 1.82) is 0 Å². The van der Waals surface area contributed by atoms with Crippen molar-refractivity contribution in [1.82, 2.24) is 10.1 Å². The highest BCUT2D eigenvalue weighted by molar-refractivity contribution is 7.13.